The highest BCUT2D eigenvalue weighted by Gasteiger charge is 2.15. The molecule has 0 spiro atoms. The Bertz CT molecular complexity index is 1240. The standard InChI is InChI=1S/C24H22N2O3S/c1-3-16-5-7-17(8-6-16)20-14-30-23-22(20)24(28)26(15-25-23)13-21(27)18-9-11-19(12-10-18)29-4-2/h5-12,14-15H,3-4,13H2,1-2H3. The second-order valence-corrected chi connectivity index (χ2v) is 7.80. The molecule has 0 aliphatic heterocycles. The summed E-state index contributed by atoms with van der Waals surface area (Å²) in [5.41, 5.74) is 3.42. The molecule has 0 fully saturated rings. The maximum Gasteiger partial charge on any atom is 0.263 e. The van der Waals surface area contributed by atoms with E-state index in [1.165, 1.54) is 27.8 Å². The Labute approximate surface area is 178 Å². The Kier molecular flexibility index (Phi) is 5.77. The van der Waals surface area contributed by atoms with Crippen molar-refractivity contribution in [2.75, 3.05) is 6.61 Å². The monoisotopic (exact) mass is 418 g/mol. The lowest BCUT2D eigenvalue weighted by Gasteiger charge is -2.07. The van der Waals surface area contributed by atoms with Gasteiger partial charge in [0, 0.05) is 16.5 Å². The maximum absolute atomic E-state index is 13.2. The number of benzene rings is 2. The van der Waals surface area contributed by atoms with Gasteiger partial charge in [-0.05, 0) is 48.7 Å². The molecule has 0 bridgehead atoms. The van der Waals surface area contributed by atoms with Gasteiger partial charge in [-0.25, -0.2) is 4.98 Å². The molecular formula is C24H22N2O3S. The Balaban J connectivity index is 1.65. The van der Waals surface area contributed by atoms with Crippen molar-refractivity contribution < 1.29 is 9.53 Å². The molecule has 0 aliphatic rings. The normalized spacial score (nSPS) is 11.0. The van der Waals surface area contributed by atoms with Crippen LogP contribution in [-0.2, 0) is 13.0 Å². The minimum atomic E-state index is -0.199. The summed E-state index contributed by atoms with van der Waals surface area (Å²) in [6.07, 6.45) is 2.42. The van der Waals surface area contributed by atoms with Crippen molar-refractivity contribution in [3.05, 3.63) is 81.7 Å². The topological polar surface area (TPSA) is 61.2 Å². The van der Waals surface area contributed by atoms with Crippen molar-refractivity contribution in [3.8, 4) is 16.9 Å². The van der Waals surface area contributed by atoms with Crippen LogP contribution < -0.4 is 10.3 Å². The van der Waals surface area contributed by atoms with E-state index in [0.717, 1.165) is 17.5 Å². The molecule has 2 aromatic heterocycles. The quantitative estimate of drug-likeness (QED) is 0.398. The second kappa shape index (κ2) is 8.63. The van der Waals surface area contributed by atoms with Gasteiger partial charge in [0.05, 0.1) is 24.9 Å². The van der Waals surface area contributed by atoms with Crippen LogP contribution in [0.25, 0.3) is 21.3 Å². The number of carbonyl (C=O) groups excluding carboxylic acids is 1. The second-order valence-electron chi connectivity index (χ2n) is 6.94. The van der Waals surface area contributed by atoms with Crippen molar-refractivity contribution >= 4 is 27.3 Å². The van der Waals surface area contributed by atoms with E-state index in [-0.39, 0.29) is 17.9 Å². The molecule has 30 heavy (non-hydrogen) atoms. The number of hydrogen-bond donors (Lipinski definition) is 0. The number of ether oxygens (including phenoxy) is 1. The smallest absolute Gasteiger partial charge is 0.263 e. The van der Waals surface area contributed by atoms with E-state index in [1.807, 2.05) is 24.4 Å². The number of fused-ring (bicyclic) bond motifs is 1. The highest BCUT2D eigenvalue weighted by Crippen LogP contribution is 2.30. The van der Waals surface area contributed by atoms with Crippen molar-refractivity contribution in [1.29, 1.82) is 0 Å². The highest BCUT2D eigenvalue weighted by molar-refractivity contribution is 7.17. The molecule has 2 heterocycles. The zero-order chi connectivity index (χ0) is 21.1. The number of hydrogen-bond acceptors (Lipinski definition) is 5. The molecule has 0 radical (unpaired) electrons. The number of Topliss-reactive ketones (excluding diaryl/α,β-unsaturated/α-hetero) is 1. The molecule has 0 N–H and O–H groups in total. The molecule has 0 saturated carbocycles. The van der Waals surface area contributed by atoms with Gasteiger partial charge in [0.15, 0.2) is 5.78 Å². The summed E-state index contributed by atoms with van der Waals surface area (Å²) in [5.74, 6) is 0.566. The van der Waals surface area contributed by atoms with Crippen molar-refractivity contribution in [1.82, 2.24) is 9.55 Å². The molecule has 2 aromatic carbocycles. The Morgan fingerprint density at radius 1 is 1.07 bits per heavy atom. The fourth-order valence-electron chi connectivity index (χ4n) is 3.36. The van der Waals surface area contributed by atoms with Crippen LogP contribution in [0.2, 0.25) is 0 Å². The average molecular weight is 419 g/mol. The maximum atomic E-state index is 13.2. The van der Waals surface area contributed by atoms with Gasteiger partial charge in [-0.3, -0.25) is 14.2 Å². The first-order valence-electron chi connectivity index (χ1n) is 9.92. The van der Waals surface area contributed by atoms with Gasteiger partial charge in [0.2, 0.25) is 0 Å². The van der Waals surface area contributed by atoms with E-state index in [9.17, 15) is 9.59 Å². The van der Waals surface area contributed by atoms with Crippen LogP contribution in [-0.4, -0.2) is 21.9 Å². The van der Waals surface area contributed by atoms with E-state index in [1.54, 1.807) is 24.3 Å². The molecule has 4 rings (SSSR count). The summed E-state index contributed by atoms with van der Waals surface area (Å²) in [6, 6.07) is 15.2. The Hall–Kier alpha value is -3.25. The molecule has 0 aliphatic carbocycles. The lowest BCUT2D eigenvalue weighted by atomic mass is 10.0. The van der Waals surface area contributed by atoms with Crippen LogP contribution in [0, 0.1) is 0 Å². The molecule has 0 saturated heterocycles. The van der Waals surface area contributed by atoms with Gasteiger partial charge in [-0.15, -0.1) is 11.3 Å². The molecule has 0 amide bonds. The lowest BCUT2D eigenvalue weighted by Crippen LogP contribution is -2.24. The molecule has 6 heteroatoms. The van der Waals surface area contributed by atoms with E-state index < -0.39 is 0 Å². The Morgan fingerprint density at radius 3 is 2.47 bits per heavy atom. The predicted octanol–water partition coefficient (Wildman–Crippen LogP) is 4.97. The molecule has 5 nitrogen and oxygen atoms in total. The third-order valence-electron chi connectivity index (χ3n) is 5.04. The van der Waals surface area contributed by atoms with E-state index in [4.69, 9.17) is 4.74 Å². The van der Waals surface area contributed by atoms with Crippen LogP contribution in [0.3, 0.4) is 0 Å². The van der Waals surface area contributed by atoms with E-state index in [2.05, 4.69) is 24.0 Å². The summed E-state index contributed by atoms with van der Waals surface area (Å²) >= 11 is 1.44. The fourth-order valence-corrected chi connectivity index (χ4v) is 4.27. The summed E-state index contributed by atoms with van der Waals surface area (Å²) in [7, 11) is 0. The van der Waals surface area contributed by atoms with Crippen LogP contribution in [0.1, 0.15) is 29.8 Å². The number of ketones is 1. The first-order valence-corrected chi connectivity index (χ1v) is 10.8. The number of carbonyl (C=O) groups is 1. The van der Waals surface area contributed by atoms with Gasteiger partial charge in [0.25, 0.3) is 5.56 Å². The summed E-state index contributed by atoms with van der Waals surface area (Å²) < 4.78 is 6.80. The number of aromatic nitrogens is 2. The van der Waals surface area contributed by atoms with Gasteiger partial charge < -0.3 is 4.74 Å². The number of nitrogens with zero attached hydrogens (tertiary/aromatic N) is 2. The third-order valence-corrected chi connectivity index (χ3v) is 5.92. The Morgan fingerprint density at radius 2 is 1.80 bits per heavy atom. The molecule has 0 atom stereocenters. The van der Waals surface area contributed by atoms with Crippen molar-refractivity contribution in [2.45, 2.75) is 26.8 Å². The van der Waals surface area contributed by atoms with Crippen molar-refractivity contribution in [3.63, 3.8) is 0 Å². The van der Waals surface area contributed by atoms with Gasteiger partial charge in [-0.2, -0.15) is 0 Å². The van der Waals surface area contributed by atoms with Crippen LogP contribution in [0.4, 0.5) is 0 Å². The zero-order valence-electron chi connectivity index (χ0n) is 16.9. The van der Waals surface area contributed by atoms with Crippen LogP contribution in [0.5, 0.6) is 5.75 Å². The van der Waals surface area contributed by atoms with Gasteiger partial charge >= 0.3 is 0 Å². The minimum Gasteiger partial charge on any atom is -0.494 e. The SMILES string of the molecule is CCOc1ccc(C(=O)Cn2cnc3scc(-c4ccc(CC)cc4)c3c2=O)cc1. The van der Waals surface area contributed by atoms with Gasteiger partial charge in [-0.1, -0.05) is 31.2 Å². The van der Waals surface area contributed by atoms with E-state index in [0.29, 0.717) is 28.1 Å². The minimum absolute atomic E-state index is 0.0557. The van der Waals surface area contributed by atoms with Crippen LogP contribution >= 0.6 is 11.3 Å². The van der Waals surface area contributed by atoms with E-state index >= 15 is 0 Å². The number of thiophene rings is 1. The number of aryl methyl sites for hydroxylation is 1. The molecule has 4 aromatic rings. The van der Waals surface area contributed by atoms with Crippen molar-refractivity contribution in [2.24, 2.45) is 0 Å². The molecule has 152 valence electrons. The summed E-state index contributed by atoms with van der Waals surface area (Å²) in [4.78, 5) is 31.0. The average Bonchev–Trinajstić information content (AvgIpc) is 3.21. The molecular weight excluding hydrogens is 396 g/mol. The van der Waals surface area contributed by atoms with Gasteiger partial charge in [0.1, 0.15) is 10.6 Å². The summed E-state index contributed by atoms with van der Waals surface area (Å²) in [6.45, 7) is 4.53. The highest BCUT2D eigenvalue weighted by atomic mass is 32.1. The molecule has 0 unspecified atom stereocenters. The largest absolute Gasteiger partial charge is 0.494 e. The predicted molar refractivity (Wildman–Crippen MR) is 121 cm³/mol. The lowest BCUT2D eigenvalue weighted by molar-refractivity contribution is 0.0970. The zero-order valence-corrected chi connectivity index (χ0v) is 17.7. The summed E-state index contributed by atoms with van der Waals surface area (Å²) in [5, 5.41) is 2.52. The third kappa shape index (κ3) is 3.91. The first kappa shape index (κ1) is 20.0. The van der Waals surface area contributed by atoms with Crippen LogP contribution in [0.15, 0.2) is 65.0 Å². The number of rotatable bonds is 7. The first-order chi connectivity index (χ1) is 14.6. The fraction of sp³-hybridized carbons (Fsp3) is 0.208.